The van der Waals surface area contributed by atoms with Gasteiger partial charge in [-0.2, -0.15) is 0 Å². The van der Waals surface area contributed by atoms with E-state index in [1.807, 2.05) is 0 Å². The van der Waals surface area contributed by atoms with Crippen LogP contribution >= 0.6 is 0 Å². The number of nitrogens with zero attached hydrogens (tertiary/aromatic N) is 2. The topological polar surface area (TPSA) is 6.48 Å². The lowest BCUT2D eigenvalue weighted by Crippen LogP contribution is -2.24. The van der Waals surface area contributed by atoms with E-state index in [9.17, 15) is 0 Å². The van der Waals surface area contributed by atoms with Gasteiger partial charge in [0, 0.05) is 19.6 Å². The van der Waals surface area contributed by atoms with Crippen molar-refractivity contribution in [3.05, 3.63) is 114 Å². The largest absolute Gasteiger partial charge is 0.302 e. The van der Waals surface area contributed by atoms with Crippen molar-refractivity contribution in [2.75, 3.05) is 20.1 Å². The molecule has 0 saturated heterocycles. The van der Waals surface area contributed by atoms with Gasteiger partial charge in [-0.1, -0.05) is 91.0 Å². The molecule has 0 N–H and O–H groups in total. The Balaban J connectivity index is 1.37. The summed E-state index contributed by atoms with van der Waals surface area (Å²) in [6, 6.07) is 32.4. The minimum absolute atomic E-state index is 1.01. The molecule has 3 aromatic rings. The zero-order valence-electron chi connectivity index (χ0n) is 18.3. The average molecular weight is 400 g/mol. The van der Waals surface area contributed by atoms with Crippen LogP contribution in [-0.2, 0) is 19.6 Å². The molecule has 0 fully saturated rings. The molecule has 157 valence electrons. The maximum Gasteiger partial charge on any atom is 0.0237 e. The van der Waals surface area contributed by atoms with E-state index in [4.69, 9.17) is 0 Å². The lowest BCUT2D eigenvalue weighted by molar-refractivity contribution is 0.252. The SMILES string of the molecule is CN(CC[CH]CCCN(Cc1ccccc1)Cc1ccccc1)Cc1ccccc1. The van der Waals surface area contributed by atoms with Gasteiger partial charge in [-0.05, 0) is 62.5 Å². The first kappa shape index (κ1) is 22.3. The van der Waals surface area contributed by atoms with Crippen LogP contribution in [0.2, 0.25) is 0 Å². The van der Waals surface area contributed by atoms with E-state index >= 15 is 0 Å². The molecule has 1 radical (unpaired) electrons. The van der Waals surface area contributed by atoms with Gasteiger partial charge in [-0.15, -0.1) is 0 Å². The molecule has 0 aromatic heterocycles. The van der Waals surface area contributed by atoms with E-state index in [-0.39, 0.29) is 0 Å². The molecular formula is C28H35N2. The number of rotatable bonds is 13. The number of hydrogen-bond acceptors (Lipinski definition) is 2. The van der Waals surface area contributed by atoms with Gasteiger partial charge in [-0.3, -0.25) is 4.90 Å². The fourth-order valence-electron chi connectivity index (χ4n) is 3.79. The summed E-state index contributed by atoms with van der Waals surface area (Å²) >= 11 is 0. The third-order valence-electron chi connectivity index (χ3n) is 5.39. The zero-order valence-corrected chi connectivity index (χ0v) is 18.3. The lowest BCUT2D eigenvalue weighted by atomic mass is 10.1. The van der Waals surface area contributed by atoms with E-state index in [1.54, 1.807) is 0 Å². The molecule has 0 aliphatic rings. The van der Waals surface area contributed by atoms with Crippen LogP contribution in [0.15, 0.2) is 91.0 Å². The van der Waals surface area contributed by atoms with E-state index in [2.05, 4.69) is 114 Å². The maximum atomic E-state index is 2.57. The molecule has 3 rings (SSSR count). The number of hydrogen-bond donors (Lipinski definition) is 0. The highest BCUT2D eigenvalue weighted by atomic mass is 15.1. The monoisotopic (exact) mass is 399 g/mol. The minimum atomic E-state index is 1.01. The Kier molecular flexibility index (Phi) is 9.65. The van der Waals surface area contributed by atoms with Crippen LogP contribution in [0.3, 0.4) is 0 Å². The summed E-state index contributed by atoms with van der Waals surface area (Å²) in [6.07, 6.45) is 6.01. The normalized spacial score (nSPS) is 11.3. The minimum Gasteiger partial charge on any atom is -0.302 e. The van der Waals surface area contributed by atoms with Crippen LogP contribution in [0.1, 0.15) is 36.0 Å². The molecule has 0 unspecified atom stereocenters. The van der Waals surface area contributed by atoms with Crippen molar-refractivity contribution in [1.82, 2.24) is 9.80 Å². The summed E-state index contributed by atoms with van der Waals surface area (Å²) < 4.78 is 0. The second kappa shape index (κ2) is 13.0. The average Bonchev–Trinajstić information content (AvgIpc) is 2.78. The molecule has 0 saturated carbocycles. The van der Waals surface area contributed by atoms with Gasteiger partial charge in [0.25, 0.3) is 0 Å². The van der Waals surface area contributed by atoms with Crippen LogP contribution in [0, 0.1) is 6.42 Å². The number of unbranched alkanes of at least 4 members (excludes halogenated alkanes) is 3. The Morgan fingerprint density at radius 2 is 1.03 bits per heavy atom. The van der Waals surface area contributed by atoms with Gasteiger partial charge >= 0.3 is 0 Å². The van der Waals surface area contributed by atoms with Gasteiger partial charge < -0.3 is 4.90 Å². The van der Waals surface area contributed by atoms with Gasteiger partial charge in [0.05, 0.1) is 0 Å². The van der Waals surface area contributed by atoms with E-state index in [0.717, 1.165) is 39.1 Å². The smallest absolute Gasteiger partial charge is 0.0237 e. The van der Waals surface area contributed by atoms with Crippen molar-refractivity contribution in [2.45, 2.75) is 38.9 Å². The Labute approximate surface area is 183 Å². The molecule has 0 heterocycles. The van der Waals surface area contributed by atoms with Crippen molar-refractivity contribution in [1.29, 1.82) is 0 Å². The predicted molar refractivity (Wildman–Crippen MR) is 128 cm³/mol. The second-order valence-corrected chi connectivity index (χ2v) is 8.12. The van der Waals surface area contributed by atoms with Gasteiger partial charge in [0.2, 0.25) is 0 Å². The molecular weight excluding hydrogens is 364 g/mol. The maximum absolute atomic E-state index is 2.57. The third kappa shape index (κ3) is 8.52. The van der Waals surface area contributed by atoms with Crippen LogP contribution in [-0.4, -0.2) is 29.9 Å². The molecule has 0 bridgehead atoms. The van der Waals surface area contributed by atoms with Gasteiger partial charge in [0.15, 0.2) is 0 Å². The van der Waals surface area contributed by atoms with Crippen LogP contribution < -0.4 is 0 Å². The van der Waals surface area contributed by atoms with Gasteiger partial charge in [-0.25, -0.2) is 0 Å². The van der Waals surface area contributed by atoms with Crippen molar-refractivity contribution in [3.8, 4) is 0 Å². The number of benzene rings is 3. The second-order valence-electron chi connectivity index (χ2n) is 8.12. The molecule has 0 aliphatic heterocycles. The summed E-state index contributed by atoms with van der Waals surface area (Å²) in [4.78, 5) is 4.98. The Morgan fingerprint density at radius 3 is 1.53 bits per heavy atom. The summed E-state index contributed by atoms with van der Waals surface area (Å²) in [5, 5.41) is 0. The Bertz CT molecular complexity index is 760. The highest BCUT2D eigenvalue weighted by molar-refractivity contribution is 5.17. The highest BCUT2D eigenvalue weighted by Crippen LogP contribution is 2.12. The quantitative estimate of drug-likeness (QED) is 0.316. The molecule has 30 heavy (non-hydrogen) atoms. The molecule has 0 spiro atoms. The highest BCUT2D eigenvalue weighted by Gasteiger charge is 2.07. The first-order valence-electron chi connectivity index (χ1n) is 11.1. The van der Waals surface area contributed by atoms with Crippen LogP contribution in [0.25, 0.3) is 0 Å². The van der Waals surface area contributed by atoms with Crippen molar-refractivity contribution in [2.24, 2.45) is 0 Å². The van der Waals surface area contributed by atoms with E-state index in [0.29, 0.717) is 0 Å². The molecule has 3 aromatic carbocycles. The summed E-state index contributed by atoms with van der Waals surface area (Å²) in [5.74, 6) is 0. The summed E-state index contributed by atoms with van der Waals surface area (Å²) in [7, 11) is 2.21. The fraction of sp³-hybridized carbons (Fsp3) is 0.321. The summed E-state index contributed by atoms with van der Waals surface area (Å²) in [6.45, 7) is 5.29. The van der Waals surface area contributed by atoms with Crippen molar-refractivity contribution in [3.63, 3.8) is 0 Å². The van der Waals surface area contributed by atoms with Crippen LogP contribution in [0.4, 0.5) is 0 Å². The molecule has 2 heteroatoms. The Hall–Kier alpha value is -2.42. The molecule has 0 atom stereocenters. The van der Waals surface area contributed by atoms with E-state index in [1.165, 1.54) is 29.5 Å². The molecule has 0 aliphatic carbocycles. The molecule has 0 amide bonds. The Morgan fingerprint density at radius 1 is 0.567 bits per heavy atom. The van der Waals surface area contributed by atoms with Gasteiger partial charge in [0.1, 0.15) is 0 Å². The first-order valence-corrected chi connectivity index (χ1v) is 11.1. The molecule has 2 nitrogen and oxygen atoms in total. The van der Waals surface area contributed by atoms with Crippen molar-refractivity contribution < 1.29 is 0 Å². The predicted octanol–water partition coefficient (Wildman–Crippen LogP) is 6.20. The standard InChI is InChI=1S/C28H35N2/c1-29(23-26-15-7-4-8-16-26)21-13-2-3-14-22-30(24-27-17-9-5-10-18-27)25-28-19-11-6-12-20-28/h2,4-12,15-20H,3,13-14,21-25H2,1H3. The van der Waals surface area contributed by atoms with E-state index < -0.39 is 0 Å². The lowest BCUT2D eigenvalue weighted by Gasteiger charge is -2.23. The van der Waals surface area contributed by atoms with Crippen LogP contribution in [0.5, 0.6) is 0 Å². The first-order chi connectivity index (χ1) is 14.8. The summed E-state index contributed by atoms with van der Waals surface area (Å²) in [5.41, 5.74) is 4.16. The zero-order chi connectivity index (χ0) is 20.9. The third-order valence-corrected chi connectivity index (χ3v) is 5.39. The fourth-order valence-corrected chi connectivity index (χ4v) is 3.79. The van der Waals surface area contributed by atoms with Crippen molar-refractivity contribution >= 4 is 0 Å².